The van der Waals surface area contributed by atoms with Crippen LogP contribution in [0.5, 0.6) is 0 Å². The molecule has 2 aromatic heterocycles. The van der Waals surface area contributed by atoms with Crippen molar-refractivity contribution in [3.8, 4) is 11.4 Å². The fourth-order valence-corrected chi connectivity index (χ4v) is 3.40. The molecular formula is C19H19F2N7. The maximum atomic E-state index is 13.5. The Kier molecular flexibility index (Phi) is 4.58. The van der Waals surface area contributed by atoms with Gasteiger partial charge < -0.3 is 10.3 Å². The number of hydrogen-bond acceptors (Lipinski definition) is 6. The van der Waals surface area contributed by atoms with E-state index >= 15 is 0 Å². The minimum atomic E-state index is -2.69. The largest absolute Gasteiger partial charge is 0.350 e. The standard InChI is InChI=1S/C19H19F2N7/c1-23-9-13(8-22)12-2-3-15-14(6-12)18(27-26-15)16-7-17(25-11-24-16)28-5-4-19(20,21)10-28/h2-3,6-9,11,13,22H,4-5,10H2,1H3,(H,26,27). The third kappa shape index (κ3) is 3.35. The van der Waals surface area contributed by atoms with E-state index in [1.165, 1.54) is 12.5 Å². The van der Waals surface area contributed by atoms with Gasteiger partial charge in [0.15, 0.2) is 0 Å². The molecule has 1 saturated heterocycles. The minimum Gasteiger partial charge on any atom is -0.350 e. The normalized spacial score (nSPS) is 17.5. The summed E-state index contributed by atoms with van der Waals surface area (Å²) in [5.74, 6) is -2.46. The van der Waals surface area contributed by atoms with E-state index in [9.17, 15) is 8.78 Å². The molecule has 0 bridgehead atoms. The molecule has 7 nitrogen and oxygen atoms in total. The summed E-state index contributed by atoms with van der Waals surface area (Å²) in [6, 6.07) is 7.44. The Bertz CT molecular complexity index is 1040. The van der Waals surface area contributed by atoms with Crippen molar-refractivity contribution in [1.82, 2.24) is 20.2 Å². The van der Waals surface area contributed by atoms with Crippen LogP contribution in [0, 0.1) is 5.41 Å². The number of aromatic nitrogens is 4. The van der Waals surface area contributed by atoms with Crippen LogP contribution in [0.4, 0.5) is 14.6 Å². The highest BCUT2D eigenvalue weighted by Crippen LogP contribution is 2.32. The molecule has 2 N–H and O–H groups in total. The zero-order chi connectivity index (χ0) is 19.7. The minimum absolute atomic E-state index is 0.176. The zero-order valence-electron chi connectivity index (χ0n) is 15.2. The number of anilines is 1. The first-order valence-corrected chi connectivity index (χ1v) is 8.87. The van der Waals surface area contributed by atoms with Gasteiger partial charge in [0.05, 0.1) is 23.7 Å². The number of nitrogens with zero attached hydrogens (tertiary/aromatic N) is 5. The van der Waals surface area contributed by atoms with Crippen LogP contribution < -0.4 is 4.90 Å². The molecule has 1 aliphatic rings. The molecule has 1 aliphatic heterocycles. The highest BCUT2D eigenvalue weighted by molar-refractivity contribution is 5.95. The molecule has 4 rings (SSSR count). The lowest BCUT2D eigenvalue weighted by atomic mass is 9.99. The Morgan fingerprint density at radius 2 is 2.18 bits per heavy atom. The molecule has 28 heavy (non-hydrogen) atoms. The Morgan fingerprint density at radius 1 is 1.32 bits per heavy atom. The van der Waals surface area contributed by atoms with E-state index in [2.05, 4.69) is 25.2 Å². The van der Waals surface area contributed by atoms with Crippen molar-refractivity contribution < 1.29 is 8.78 Å². The average molecular weight is 383 g/mol. The number of hydrogen-bond donors (Lipinski definition) is 2. The van der Waals surface area contributed by atoms with Gasteiger partial charge in [-0.3, -0.25) is 10.1 Å². The van der Waals surface area contributed by atoms with Crippen molar-refractivity contribution in [3.05, 3.63) is 36.2 Å². The third-order valence-corrected chi connectivity index (χ3v) is 4.85. The fourth-order valence-electron chi connectivity index (χ4n) is 3.40. The van der Waals surface area contributed by atoms with Crippen LogP contribution in [0.15, 0.2) is 35.6 Å². The molecule has 3 aromatic rings. The lowest BCUT2D eigenvalue weighted by Gasteiger charge is -2.17. The quantitative estimate of drug-likeness (QED) is 0.661. The highest BCUT2D eigenvalue weighted by Gasteiger charge is 2.38. The van der Waals surface area contributed by atoms with Crippen LogP contribution in [-0.4, -0.2) is 58.7 Å². The van der Waals surface area contributed by atoms with Crippen LogP contribution in [-0.2, 0) is 0 Å². The van der Waals surface area contributed by atoms with Gasteiger partial charge >= 0.3 is 0 Å². The first kappa shape index (κ1) is 18.1. The molecule has 0 saturated carbocycles. The summed E-state index contributed by atoms with van der Waals surface area (Å²) in [4.78, 5) is 14.0. The molecule has 0 spiro atoms. The third-order valence-electron chi connectivity index (χ3n) is 4.85. The van der Waals surface area contributed by atoms with Crippen molar-refractivity contribution in [2.24, 2.45) is 4.99 Å². The summed E-state index contributed by atoms with van der Waals surface area (Å²) in [6.07, 6.45) is 4.22. The van der Waals surface area contributed by atoms with E-state index in [4.69, 9.17) is 5.41 Å². The summed E-state index contributed by atoms with van der Waals surface area (Å²) in [7, 11) is 1.67. The van der Waals surface area contributed by atoms with Crippen molar-refractivity contribution in [2.75, 3.05) is 25.0 Å². The second kappa shape index (κ2) is 7.06. The van der Waals surface area contributed by atoms with E-state index in [1.54, 1.807) is 24.2 Å². The van der Waals surface area contributed by atoms with Crippen LogP contribution in [0.3, 0.4) is 0 Å². The van der Waals surface area contributed by atoms with Gasteiger partial charge in [0.2, 0.25) is 0 Å². The number of halogens is 2. The molecule has 1 atom stereocenters. The van der Waals surface area contributed by atoms with Gasteiger partial charge in [0, 0.05) is 43.9 Å². The van der Waals surface area contributed by atoms with E-state index in [0.29, 0.717) is 17.2 Å². The number of benzene rings is 1. The van der Waals surface area contributed by atoms with Gasteiger partial charge in [-0.1, -0.05) is 6.07 Å². The van der Waals surface area contributed by atoms with Gasteiger partial charge in [0.25, 0.3) is 5.92 Å². The van der Waals surface area contributed by atoms with E-state index in [0.717, 1.165) is 16.5 Å². The van der Waals surface area contributed by atoms with Crippen LogP contribution in [0.2, 0.25) is 0 Å². The highest BCUT2D eigenvalue weighted by atomic mass is 19.3. The van der Waals surface area contributed by atoms with E-state index in [-0.39, 0.29) is 25.4 Å². The zero-order valence-corrected chi connectivity index (χ0v) is 15.2. The fraction of sp³-hybridized carbons (Fsp3) is 0.316. The van der Waals surface area contributed by atoms with E-state index in [1.807, 2.05) is 18.2 Å². The van der Waals surface area contributed by atoms with Gasteiger partial charge in [-0.15, -0.1) is 0 Å². The molecule has 9 heteroatoms. The Labute approximate surface area is 160 Å². The average Bonchev–Trinajstić information content (AvgIpc) is 3.28. The van der Waals surface area contributed by atoms with Crippen molar-refractivity contribution in [1.29, 1.82) is 5.41 Å². The first-order chi connectivity index (χ1) is 13.5. The van der Waals surface area contributed by atoms with Gasteiger partial charge in [-0.2, -0.15) is 5.10 Å². The van der Waals surface area contributed by atoms with Gasteiger partial charge in [-0.05, 0) is 17.7 Å². The summed E-state index contributed by atoms with van der Waals surface area (Å²) in [5, 5.41) is 15.8. The molecule has 0 radical (unpaired) electrons. The lowest BCUT2D eigenvalue weighted by molar-refractivity contribution is 0.0256. The molecule has 0 aliphatic carbocycles. The van der Waals surface area contributed by atoms with Gasteiger partial charge in [-0.25, -0.2) is 18.7 Å². The summed E-state index contributed by atoms with van der Waals surface area (Å²) in [5.41, 5.74) is 2.90. The number of alkyl halides is 2. The van der Waals surface area contributed by atoms with Crippen molar-refractivity contribution >= 4 is 29.1 Å². The van der Waals surface area contributed by atoms with Gasteiger partial charge in [0.1, 0.15) is 17.8 Å². The number of aliphatic imine (C=N–C) groups is 1. The first-order valence-electron chi connectivity index (χ1n) is 8.87. The monoisotopic (exact) mass is 383 g/mol. The van der Waals surface area contributed by atoms with Crippen molar-refractivity contribution in [3.63, 3.8) is 0 Å². The molecule has 144 valence electrons. The summed E-state index contributed by atoms with van der Waals surface area (Å²) < 4.78 is 27.1. The Morgan fingerprint density at radius 3 is 2.89 bits per heavy atom. The number of nitrogens with one attached hydrogen (secondary N) is 2. The molecule has 3 heterocycles. The Hall–Kier alpha value is -3.23. The smallest absolute Gasteiger partial charge is 0.266 e. The number of fused-ring (bicyclic) bond motifs is 1. The molecule has 1 unspecified atom stereocenters. The molecule has 0 amide bonds. The predicted molar refractivity (Wildman–Crippen MR) is 105 cm³/mol. The predicted octanol–water partition coefficient (Wildman–Crippen LogP) is 3.30. The number of rotatable bonds is 5. The Balaban J connectivity index is 1.73. The van der Waals surface area contributed by atoms with Crippen molar-refractivity contribution in [2.45, 2.75) is 18.3 Å². The van der Waals surface area contributed by atoms with Crippen LogP contribution >= 0.6 is 0 Å². The second-order valence-electron chi connectivity index (χ2n) is 6.77. The summed E-state index contributed by atoms with van der Waals surface area (Å²) >= 11 is 0. The van der Waals surface area contributed by atoms with Crippen LogP contribution in [0.1, 0.15) is 17.9 Å². The topological polar surface area (TPSA) is 93.9 Å². The molecule has 1 aromatic carbocycles. The lowest BCUT2D eigenvalue weighted by Crippen LogP contribution is -2.25. The SMILES string of the molecule is CN=CC(C=N)c1ccc2[nH]nc(-c3cc(N4CCC(F)(F)C4)ncn3)c2c1. The van der Waals surface area contributed by atoms with E-state index < -0.39 is 5.92 Å². The second-order valence-corrected chi connectivity index (χ2v) is 6.77. The number of H-pyrrole nitrogens is 1. The maximum Gasteiger partial charge on any atom is 0.266 e. The summed E-state index contributed by atoms with van der Waals surface area (Å²) in [6.45, 7) is -0.0848. The molecule has 1 fully saturated rings. The molecular weight excluding hydrogens is 364 g/mol. The van der Waals surface area contributed by atoms with Crippen LogP contribution in [0.25, 0.3) is 22.3 Å². The number of aromatic amines is 1. The maximum absolute atomic E-state index is 13.5.